The Hall–Kier alpha value is -2.94. The molecule has 1 heterocycles. The molecule has 2 rings (SSSR count). The van der Waals surface area contributed by atoms with Gasteiger partial charge in [-0.2, -0.15) is 5.26 Å². The number of para-hydroxylation sites is 1. The number of benzene rings is 1. The first kappa shape index (κ1) is 15.4. The van der Waals surface area contributed by atoms with E-state index in [4.69, 9.17) is 11.0 Å². The van der Waals surface area contributed by atoms with Crippen molar-refractivity contribution in [2.75, 3.05) is 0 Å². The van der Waals surface area contributed by atoms with Crippen molar-refractivity contribution >= 4 is 22.7 Å². The Morgan fingerprint density at radius 1 is 1.36 bits per heavy atom. The highest BCUT2D eigenvalue weighted by molar-refractivity contribution is 6.06. The Morgan fingerprint density at radius 3 is 2.77 bits per heavy atom. The molecule has 112 valence electrons. The van der Waals surface area contributed by atoms with Gasteiger partial charge in [0.1, 0.15) is 6.04 Å². The summed E-state index contributed by atoms with van der Waals surface area (Å²) in [7, 11) is 0. The fraction of sp³-hybridized carbons (Fsp3) is 0.250. The number of pyridine rings is 1. The number of hydrogen-bond acceptors (Lipinski definition) is 4. The minimum absolute atomic E-state index is 0.176. The van der Waals surface area contributed by atoms with Crippen molar-refractivity contribution in [3.05, 3.63) is 42.1 Å². The maximum Gasteiger partial charge on any atom is 0.254 e. The van der Waals surface area contributed by atoms with Crippen LogP contribution in [0.1, 0.15) is 23.7 Å². The molecule has 0 bridgehead atoms. The van der Waals surface area contributed by atoms with Crippen LogP contribution in [0, 0.1) is 17.2 Å². The Morgan fingerprint density at radius 2 is 2.09 bits per heavy atom. The number of aromatic nitrogens is 1. The molecule has 0 aliphatic carbocycles. The number of amides is 2. The fourth-order valence-electron chi connectivity index (χ4n) is 2.18. The standard InChI is InChI=1S/C16H16N4O2/c1-10(9-17)8-13(15(18)21)20-16(22)12-6-2-4-11-5-3-7-19-14(11)12/h2-7,10,13H,8H2,1H3,(H2,18,21)(H,20,22)/t10-,13+/m0/s1. The van der Waals surface area contributed by atoms with Gasteiger partial charge in [0.25, 0.3) is 5.91 Å². The van der Waals surface area contributed by atoms with Crippen molar-refractivity contribution in [1.82, 2.24) is 10.3 Å². The Bertz CT molecular complexity index is 746. The molecule has 22 heavy (non-hydrogen) atoms. The van der Waals surface area contributed by atoms with Gasteiger partial charge in [-0.15, -0.1) is 0 Å². The van der Waals surface area contributed by atoms with Gasteiger partial charge in [-0.05, 0) is 25.5 Å². The quantitative estimate of drug-likeness (QED) is 0.868. The van der Waals surface area contributed by atoms with E-state index in [9.17, 15) is 9.59 Å². The van der Waals surface area contributed by atoms with Crippen LogP contribution < -0.4 is 11.1 Å². The van der Waals surface area contributed by atoms with E-state index in [-0.39, 0.29) is 12.3 Å². The molecule has 6 heteroatoms. The molecule has 6 nitrogen and oxygen atoms in total. The maximum absolute atomic E-state index is 12.4. The average Bonchev–Trinajstić information content (AvgIpc) is 2.53. The van der Waals surface area contributed by atoms with Crippen LogP contribution in [0.25, 0.3) is 10.9 Å². The second-order valence-electron chi connectivity index (χ2n) is 5.07. The highest BCUT2D eigenvalue weighted by Crippen LogP contribution is 2.16. The summed E-state index contributed by atoms with van der Waals surface area (Å²) >= 11 is 0. The Kier molecular flexibility index (Phi) is 4.69. The lowest BCUT2D eigenvalue weighted by Gasteiger charge is -2.16. The van der Waals surface area contributed by atoms with Gasteiger partial charge >= 0.3 is 0 Å². The van der Waals surface area contributed by atoms with E-state index in [1.807, 2.05) is 18.2 Å². The number of nitrogens with two attached hydrogens (primary N) is 1. The van der Waals surface area contributed by atoms with Crippen LogP contribution in [0.3, 0.4) is 0 Å². The summed E-state index contributed by atoms with van der Waals surface area (Å²) in [5.41, 5.74) is 6.22. The lowest BCUT2D eigenvalue weighted by atomic mass is 10.0. The number of nitriles is 1. The highest BCUT2D eigenvalue weighted by Gasteiger charge is 2.22. The summed E-state index contributed by atoms with van der Waals surface area (Å²) in [5, 5.41) is 12.2. The van der Waals surface area contributed by atoms with Gasteiger partial charge in [0, 0.05) is 17.5 Å². The van der Waals surface area contributed by atoms with E-state index in [0.29, 0.717) is 11.1 Å². The molecule has 0 spiro atoms. The molecule has 0 aliphatic rings. The van der Waals surface area contributed by atoms with Crippen molar-refractivity contribution < 1.29 is 9.59 Å². The summed E-state index contributed by atoms with van der Waals surface area (Å²) in [4.78, 5) is 28.1. The minimum atomic E-state index is -0.888. The number of nitrogens with zero attached hydrogens (tertiary/aromatic N) is 2. The molecular weight excluding hydrogens is 280 g/mol. The van der Waals surface area contributed by atoms with Crippen LogP contribution in [0.5, 0.6) is 0 Å². The molecule has 1 aromatic heterocycles. The van der Waals surface area contributed by atoms with Gasteiger partial charge in [-0.3, -0.25) is 14.6 Å². The fourth-order valence-corrected chi connectivity index (χ4v) is 2.18. The number of primary amides is 1. The monoisotopic (exact) mass is 296 g/mol. The first-order valence-corrected chi connectivity index (χ1v) is 6.86. The van der Waals surface area contributed by atoms with Crippen molar-refractivity contribution in [1.29, 1.82) is 5.26 Å². The minimum Gasteiger partial charge on any atom is -0.368 e. The van der Waals surface area contributed by atoms with Gasteiger partial charge in [0.05, 0.1) is 17.1 Å². The molecule has 1 aromatic carbocycles. The van der Waals surface area contributed by atoms with Crippen LogP contribution in [0.4, 0.5) is 0 Å². The van der Waals surface area contributed by atoms with Gasteiger partial charge in [0.2, 0.25) is 5.91 Å². The zero-order chi connectivity index (χ0) is 16.1. The summed E-state index contributed by atoms with van der Waals surface area (Å²) in [5.74, 6) is -1.48. The van der Waals surface area contributed by atoms with Gasteiger partial charge in [-0.25, -0.2) is 0 Å². The number of hydrogen-bond donors (Lipinski definition) is 2. The Labute approximate surface area is 127 Å². The van der Waals surface area contributed by atoms with Gasteiger partial charge < -0.3 is 11.1 Å². The molecule has 2 atom stereocenters. The number of rotatable bonds is 5. The zero-order valence-electron chi connectivity index (χ0n) is 12.1. The predicted octanol–water partition coefficient (Wildman–Crippen LogP) is 1.37. The van der Waals surface area contributed by atoms with Crippen molar-refractivity contribution in [3.63, 3.8) is 0 Å². The molecule has 2 aromatic rings. The number of carbonyl (C=O) groups excluding carboxylic acids is 2. The van der Waals surface area contributed by atoms with Gasteiger partial charge in [0.15, 0.2) is 0 Å². The van der Waals surface area contributed by atoms with Crippen LogP contribution in [0.15, 0.2) is 36.5 Å². The first-order valence-electron chi connectivity index (χ1n) is 6.86. The predicted molar refractivity (Wildman–Crippen MR) is 81.6 cm³/mol. The second kappa shape index (κ2) is 6.68. The molecule has 0 saturated heterocycles. The molecule has 0 aliphatic heterocycles. The Balaban J connectivity index is 2.26. The maximum atomic E-state index is 12.4. The van der Waals surface area contributed by atoms with Crippen molar-refractivity contribution in [2.45, 2.75) is 19.4 Å². The lowest BCUT2D eigenvalue weighted by molar-refractivity contribution is -0.120. The normalized spacial score (nSPS) is 13.1. The third kappa shape index (κ3) is 3.38. The third-order valence-corrected chi connectivity index (χ3v) is 3.34. The highest BCUT2D eigenvalue weighted by atomic mass is 16.2. The molecular formula is C16H16N4O2. The van der Waals surface area contributed by atoms with Crippen LogP contribution >= 0.6 is 0 Å². The molecule has 0 saturated carbocycles. The average molecular weight is 296 g/mol. The molecule has 3 N–H and O–H groups in total. The number of nitrogens with one attached hydrogen (secondary N) is 1. The SMILES string of the molecule is C[C@H](C#N)C[C@@H](NC(=O)c1cccc2cccnc12)C(N)=O. The van der Waals surface area contributed by atoms with E-state index in [1.165, 1.54) is 0 Å². The molecule has 0 fully saturated rings. The largest absolute Gasteiger partial charge is 0.368 e. The van der Waals surface area contributed by atoms with Gasteiger partial charge in [-0.1, -0.05) is 18.2 Å². The summed E-state index contributed by atoms with van der Waals surface area (Å²) in [6.45, 7) is 1.67. The topological polar surface area (TPSA) is 109 Å². The lowest BCUT2D eigenvalue weighted by Crippen LogP contribution is -2.45. The summed E-state index contributed by atoms with van der Waals surface area (Å²) in [6.07, 6.45) is 1.78. The second-order valence-corrected chi connectivity index (χ2v) is 5.07. The van der Waals surface area contributed by atoms with E-state index >= 15 is 0 Å². The van der Waals surface area contributed by atoms with E-state index in [0.717, 1.165) is 5.39 Å². The van der Waals surface area contributed by atoms with Crippen LogP contribution in [0.2, 0.25) is 0 Å². The van der Waals surface area contributed by atoms with Crippen LogP contribution in [-0.2, 0) is 4.79 Å². The zero-order valence-corrected chi connectivity index (χ0v) is 12.1. The number of carbonyl (C=O) groups is 2. The molecule has 0 radical (unpaired) electrons. The van der Waals surface area contributed by atoms with E-state index < -0.39 is 17.9 Å². The number of fused-ring (bicyclic) bond motifs is 1. The first-order chi connectivity index (χ1) is 10.5. The van der Waals surface area contributed by atoms with E-state index in [2.05, 4.69) is 10.3 Å². The van der Waals surface area contributed by atoms with Crippen molar-refractivity contribution in [3.8, 4) is 6.07 Å². The van der Waals surface area contributed by atoms with Crippen molar-refractivity contribution in [2.24, 2.45) is 11.7 Å². The molecule has 0 unspecified atom stereocenters. The van der Waals surface area contributed by atoms with E-state index in [1.54, 1.807) is 31.3 Å². The molecule has 2 amide bonds. The summed E-state index contributed by atoms with van der Waals surface area (Å²) in [6, 6.07) is 10.00. The smallest absolute Gasteiger partial charge is 0.254 e. The third-order valence-electron chi connectivity index (χ3n) is 3.34. The van der Waals surface area contributed by atoms with Crippen LogP contribution in [-0.4, -0.2) is 22.8 Å². The summed E-state index contributed by atoms with van der Waals surface area (Å²) < 4.78 is 0.